The van der Waals surface area contributed by atoms with Crippen molar-refractivity contribution in [3.8, 4) is 44.5 Å². The van der Waals surface area contributed by atoms with E-state index in [-0.39, 0.29) is 5.41 Å². The maximum atomic E-state index is 6.40. The van der Waals surface area contributed by atoms with Crippen LogP contribution in [0.4, 0.5) is 0 Å². The SMILES string of the molecule is CC1(C)c2ccc(-c3ccc(-c4c5ccccc5c(-c5ccccc5)c5ccccc45)c4ccccc34)cc2-c2ccc3cc4c(cc3c21)oc1ccccc14. The van der Waals surface area contributed by atoms with E-state index in [0.717, 1.165) is 11.2 Å². The van der Waals surface area contributed by atoms with Gasteiger partial charge in [-0.3, -0.25) is 0 Å². The first-order chi connectivity index (χ1) is 27.5. The van der Waals surface area contributed by atoms with Crippen molar-refractivity contribution >= 4 is 65.0 Å². The summed E-state index contributed by atoms with van der Waals surface area (Å²) in [6.45, 7) is 4.75. The molecular weight excluding hydrogens is 677 g/mol. The second-order valence-electron chi connectivity index (χ2n) is 16.0. The first-order valence-electron chi connectivity index (χ1n) is 19.6. The maximum absolute atomic E-state index is 6.40. The van der Waals surface area contributed by atoms with Gasteiger partial charge in [-0.1, -0.05) is 172 Å². The minimum absolute atomic E-state index is 0.164. The summed E-state index contributed by atoms with van der Waals surface area (Å²) >= 11 is 0. The second kappa shape index (κ2) is 11.5. The zero-order valence-corrected chi connectivity index (χ0v) is 31.2. The molecule has 1 heterocycles. The van der Waals surface area contributed by atoms with E-state index in [2.05, 4.69) is 190 Å². The van der Waals surface area contributed by atoms with Crippen molar-refractivity contribution in [2.45, 2.75) is 19.3 Å². The van der Waals surface area contributed by atoms with Crippen molar-refractivity contribution < 1.29 is 4.42 Å². The number of rotatable bonds is 3. The molecule has 12 rings (SSSR count). The van der Waals surface area contributed by atoms with Crippen LogP contribution in [0.2, 0.25) is 0 Å². The van der Waals surface area contributed by atoms with Gasteiger partial charge in [0.25, 0.3) is 0 Å². The molecule has 0 N–H and O–H groups in total. The molecule has 56 heavy (non-hydrogen) atoms. The average Bonchev–Trinajstić information content (AvgIpc) is 3.72. The summed E-state index contributed by atoms with van der Waals surface area (Å²) in [5.41, 5.74) is 14.6. The molecule has 0 radical (unpaired) electrons. The molecule has 11 aromatic rings. The lowest BCUT2D eigenvalue weighted by Crippen LogP contribution is -2.15. The highest BCUT2D eigenvalue weighted by Gasteiger charge is 2.37. The molecular formula is C55H36O. The normalized spacial score (nSPS) is 13.3. The first kappa shape index (κ1) is 31.4. The van der Waals surface area contributed by atoms with Gasteiger partial charge in [0, 0.05) is 16.2 Å². The fourth-order valence-corrected chi connectivity index (χ4v) is 10.2. The Labute approximate surface area is 325 Å². The quantitative estimate of drug-likeness (QED) is 0.166. The monoisotopic (exact) mass is 712 g/mol. The molecule has 262 valence electrons. The van der Waals surface area contributed by atoms with Crippen molar-refractivity contribution in [3.63, 3.8) is 0 Å². The number of furan rings is 1. The Bertz CT molecular complexity index is 3380. The first-order valence-corrected chi connectivity index (χ1v) is 19.6. The predicted octanol–water partition coefficient (Wildman–Crippen LogP) is 15.5. The third-order valence-electron chi connectivity index (χ3n) is 12.6. The molecule has 0 fully saturated rings. The molecule has 10 aromatic carbocycles. The molecule has 1 aromatic heterocycles. The van der Waals surface area contributed by atoms with E-state index in [0.29, 0.717) is 0 Å². The van der Waals surface area contributed by atoms with Gasteiger partial charge in [-0.25, -0.2) is 0 Å². The molecule has 0 amide bonds. The van der Waals surface area contributed by atoms with Crippen LogP contribution >= 0.6 is 0 Å². The number of benzene rings is 10. The number of para-hydroxylation sites is 1. The Morgan fingerprint density at radius 1 is 0.339 bits per heavy atom. The predicted molar refractivity (Wildman–Crippen MR) is 238 cm³/mol. The van der Waals surface area contributed by atoms with Crippen molar-refractivity contribution in [2.24, 2.45) is 0 Å². The Morgan fingerprint density at radius 2 is 0.911 bits per heavy atom. The fourth-order valence-electron chi connectivity index (χ4n) is 10.2. The van der Waals surface area contributed by atoms with Crippen LogP contribution in [0.1, 0.15) is 25.0 Å². The van der Waals surface area contributed by atoms with Crippen LogP contribution in [0.3, 0.4) is 0 Å². The Balaban J connectivity index is 1.06. The van der Waals surface area contributed by atoms with E-state index in [1.807, 2.05) is 6.07 Å². The van der Waals surface area contributed by atoms with Crippen molar-refractivity contribution in [1.29, 1.82) is 0 Å². The zero-order chi connectivity index (χ0) is 37.1. The van der Waals surface area contributed by atoms with Gasteiger partial charge in [-0.05, 0) is 123 Å². The average molecular weight is 713 g/mol. The van der Waals surface area contributed by atoms with Crippen LogP contribution in [0.25, 0.3) is 110 Å². The van der Waals surface area contributed by atoms with Crippen molar-refractivity contribution in [3.05, 3.63) is 193 Å². The van der Waals surface area contributed by atoms with Gasteiger partial charge in [-0.15, -0.1) is 0 Å². The van der Waals surface area contributed by atoms with Gasteiger partial charge in [0.1, 0.15) is 11.2 Å². The summed E-state index contributed by atoms with van der Waals surface area (Å²) in [7, 11) is 0. The highest BCUT2D eigenvalue weighted by atomic mass is 16.3. The van der Waals surface area contributed by atoms with Crippen LogP contribution in [-0.4, -0.2) is 0 Å². The lowest BCUT2D eigenvalue weighted by molar-refractivity contribution is 0.663. The van der Waals surface area contributed by atoms with Gasteiger partial charge in [0.05, 0.1) is 0 Å². The van der Waals surface area contributed by atoms with E-state index < -0.39 is 0 Å². The summed E-state index contributed by atoms with van der Waals surface area (Å²) in [5, 5.41) is 12.5. The largest absolute Gasteiger partial charge is 0.456 e. The molecule has 0 spiro atoms. The van der Waals surface area contributed by atoms with Crippen LogP contribution < -0.4 is 0 Å². The smallest absolute Gasteiger partial charge is 0.136 e. The summed E-state index contributed by atoms with van der Waals surface area (Å²) < 4.78 is 6.40. The summed E-state index contributed by atoms with van der Waals surface area (Å²) in [5.74, 6) is 0. The molecule has 0 aliphatic heterocycles. The van der Waals surface area contributed by atoms with Crippen molar-refractivity contribution in [1.82, 2.24) is 0 Å². The Morgan fingerprint density at radius 3 is 1.62 bits per heavy atom. The Kier molecular flexibility index (Phi) is 6.46. The topological polar surface area (TPSA) is 13.1 Å². The van der Waals surface area contributed by atoms with Crippen molar-refractivity contribution in [2.75, 3.05) is 0 Å². The lowest BCUT2D eigenvalue weighted by Gasteiger charge is -2.23. The summed E-state index contributed by atoms with van der Waals surface area (Å²) in [6, 6.07) is 67.2. The third-order valence-corrected chi connectivity index (χ3v) is 12.6. The van der Waals surface area contributed by atoms with E-state index in [1.54, 1.807) is 0 Å². The summed E-state index contributed by atoms with van der Waals surface area (Å²) in [4.78, 5) is 0. The molecule has 1 aliphatic rings. The maximum Gasteiger partial charge on any atom is 0.136 e. The van der Waals surface area contributed by atoms with Crippen LogP contribution in [-0.2, 0) is 5.41 Å². The minimum atomic E-state index is -0.164. The summed E-state index contributed by atoms with van der Waals surface area (Å²) in [6.07, 6.45) is 0. The van der Waals surface area contributed by atoms with E-state index in [9.17, 15) is 0 Å². The van der Waals surface area contributed by atoms with E-state index in [1.165, 1.54) is 109 Å². The highest BCUT2D eigenvalue weighted by molar-refractivity contribution is 6.24. The van der Waals surface area contributed by atoms with Crippen LogP contribution in [0, 0.1) is 0 Å². The standard InChI is InChI=1S/C55H36O/c1-55(2)49-29-25-34(30-47(49)45-26-24-35-31-48-39-18-12-13-23-50(39)56-51(48)32-46(35)54(45)55)36-27-28-44(38-17-7-6-16-37(36)38)53-42-21-10-8-19-40(42)52(33-14-4-3-5-15-33)41-20-9-11-22-43(41)53/h3-32H,1-2H3. The van der Waals surface area contributed by atoms with Gasteiger partial charge in [0.2, 0.25) is 0 Å². The molecule has 0 atom stereocenters. The van der Waals surface area contributed by atoms with Gasteiger partial charge in [0.15, 0.2) is 0 Å². The number of fused-ring (bicyclic) bond motifs is 11. The van der Waals surface area contributed by atoms with E-state index in [4.69, 9.17) is 4.42 Å². The van der Waals surface area contributed by atoms with Gasteiger partial charge < -0.3 is 4.42 Å². The molecule has 0 saturated heterocycles. The van der Waals surface area contributed by atoms with Gasteiger partial charge >= 0.3 is 0 Å². The minimum Gasteiger partial charge on any atom is -0.456 e. The lowest BCUT2D eigenvalue weighted by atomic mass is 9.80. The molecule has 1 heteroatoms. The second-order valence-corrected chi connectivity index (χ2v) is 16.0. The molecule has 0 saturated carbocycles. The van der Waals surface area contributed by atoms with Crippen LogP contribution in [0.15, 0.2) is 186 Å². The van der Waals surface area contributed by atoms with Gasteiger partial charge in [-0.2, -0.15) is 0 Å². The highest BCUT2D eigenvalue weighted by Crippen LogP contribution is 2.53. The van der Waals surface area contributed by atoms with E-state index >= 15 is 0 Å². The molecule has 1 aliphatic carbocycles. The fraction of sp³-hybridized carbons (Fsp3) is 0.0545. The molecule has 1 nitrogen and oxygen atoms in total. The third kappa shape index (κ3) is 4.31. The molecule has 0 unspecified atom stereocenters. The zero-order valence-electron chi connectivity index (χ0n) is 31.2. The molecule has 0 bridgehead atoms. The van der Waals surface area contributed by atoms with Crippen LogP contribution in [0.5, 0.6) is 0 Å². The number of hydrogen-bond donors (Lipinski definition) is 0. The number of hydrogen-bond acceptors (Lipinski definition) is 1. The Hall–Kier alpha value is -6.96.